The Hall–Kier alpha value is -0.710. The predicted octanol–water partition coefficient (Wildman–Crippen LogP) is 1.11. The van der Waals surface area contributed by atoms with E-state index in [1.165, 1.54) is 0 Å². The minimum atomic E-state index is -0.740. The van der Waals surface area contributed by atoms with Crippen LogP contribution in [0.1, 0.15) is 25.7 Å². The van der Waals surface area contributed by atoms with Gasteiger partial charge in [-0.3, -0.25) is 9.59 Å². The smallest absolute Gasteiger partial charge is 0.306 e. The first-order valence-electron chi connectivity index (χ1n) is 5.14. The third kappa shape index (κ3) is 4.11. The molecular weight excluding hydrogens is 214 g/mol. The highest BCUT2D eigenvalue weighted by Crippen LogP contribution is 2.25. The zero-order chi connectivity index (χ0) is 11.3. The number of hydrogen-bond acceptors (Lipinski definition) is 3. The standard InChI is InChI=1S/C10H17NO3S/c1-15-5-4-9(12)11-8-3-2-7(6-8)10(13)14/h7-8H,2-6H2,1H3,(H,11,12)(H,13,14)/t7-,8+/m0/s1. The zero-order valence-electron chi connectivity index (χ0n) is 8.86. The molecule has 0 bridgehead atoms. The number of carbonyl (C=O) groups is 2. The lowest BCUT2D eigenvalue weighted by atomic mass is 10.1. The number of carboxylic acid groups (broad SMARTS) is 1. The Kier molecular flexibility index (Phi) is 4.94. The summed E-state index contributed by atoms with van der Waals surface area (Å²) < 4.78 is 0. The van der Waals surface area contributed by atoms with Crippen molar-refractivity contribution in [3.05, 3.63) is 0 Å². The molecule has 86 valence electrons. The summed E-state index contributed by atoms with van der Waals surface area (Å²) in [6, 6.07) is 0.0699. The van der Waals surface area contributed by atoms with E-state index in [1.807, 2.05) is 6.26 Å². The van der Waals surface area contributed by atoms with E-state index in [0.717, 1.165) is 12.2 Å². The van der Waals surface area contributed by atoms with Gasteiger partial charge in [-0.05, 0) is 25.5 Å². The van der Waals surface area contributed by atoms with Gasteiger partial charge >= 0.3 is 5.97 Å². The van der Waals surface area contributed by atoms with Crippen LogP contribution in [0, 0.1) is 5.92 Å². The van der Waals surface area contributed by atoms with Crippen LogP contribution >= 0.6 is 11.8 Å². The SMILES string of the molecule is CSCCC(=O)N[C@@H]1CC[C@H](C(=O)O)C1. The second kappa shape index (κ2) is 6.00. The first-order chi connectivity index (χ1) is 7.13. The molecule has 0 aliphatic heterocycles. The minimum absolute atomic E-state index is 0.0420. The number of amides is 1. The van der Waals surface area contributed by atoms with E-state index in [1.54, 1.807) is 11.8 Å². The topological polar surface area (TPSA) is 66.4 Å². The number of aliphatic carboxylic acids is 1. The summed E-state index contributed by atoms with van der Waals surface area (Å²) in [6.07, 6.45) is 4.55. The fourth-order valence-electron chi connectivity index (χ4n) is 1.83. The van der Waals surface area contributed by atoms with Gasteiger partial charge in [-0.1, -0.05) is 0 Å². The van der Waals surface area contributed by atoms with E-state index >= 15 is 0 Å². The number of thioether (sulfide) groups is 1. The molecule has 2 atom stereocenters. The van der Waals surface area contributed by atoms with E-state index in [-0.39, 0.29) is 17.9 Å². The fraction of sp³-hybridized carbons (Fsp3) is 0.800. The molecule has 0 unspecified atom stereocenters. The number of nitrogens with one attached hydrogen (secondary N) is 1. The third-order valence-electron chi connectivity index (χ3n) is 2.68. The fourth-order valence-corrected chi connectivity index (χ4v) is 2.22. The maximum absolute atomic E-state index is 11.4. The molecule has 1 aliphatic carbocycles. The molecule has 1 fully saturated rings. The highest BCUT2D eigenvalue weighted by molar-refractivity contribution is 7.98. The Morgan fingerprint density at radius 3 is 2.73 bits per heavy atom. The lowest BCUT2D eigenvalue weighted by Crippen LogP contribution is -2.33. The summed E-state index contributed by atoms with van der Waals surface area (Å²) in [4.78, 5) is 22.1. The van der Waals surface area contributed by atoms with Crippen molar-refractivity contribution in [3.8, 4) is 0 Å². The lowest BCUT2D eigenvalue weighted by molar-refractivity contribution is -0.141. The molecule has 1 rings (SSSR count). The third-order valence-corrected chi connectivity index (χ3v) is 3.29. The van der Waals surface area contributed by atoms with E-state index in [0.29, 0.717) is 19.3 Å². The first kappa shape index (κ1) is 12.4. The molecular formula is C10H17NO3S. The molecule has 0 aromatic heterocycles. The van der Waals surface area contributed by atoms with Crippen LogP contribution in [0.5, 0.6) is 0 Å². The Balaban J connectivity index is 2.23. The normalized spacial score (nSPS) is 25.1. The molecule has 0 spiro atoms. The van der Waals surface area contributed by atoms with Crippen molar-refractivity contribution in [3.63, 3.8) is 0 Å². The van der Waals surface area contributed by atoms with Gasteiger partial charge in [0.2, 0.25) is 5.91 Å². The highest BCUT2D eigenvalue weighted by atomic mass is 32.2. The van der Waals surface area contributed by atoms with Crippen LogP contribution < -0.4 is 5.32 Å². The molecule has 0 aromatic rings. The molecule has 0 heterocycles. The van der Waals surface area contributed by atoms with Crippen LogP contribution in [0.25, 0.3) is 0 Å². The van der Waals surface area contributed by atoms with Crippen molar-refractivity contribution < 1.29 is 14.7 Å². The zero-order valence-corrected chi connectivity index (χ0v) is 9.68. The Morgan fingerprint density at radius 2 is 2.20 bits per heavy atom. The number of carbonyl (C=O) groups excluding carboxylic acids is 1. The van der Waals surface area contributed by atoms with Crippen molar-refractivity contribution in [1.29, 1.82) is 0 Å². The van der Waals surface area contributed by atoms with Gasteiger partial charge in [0.1, 0.15) is 0 Å². The Labute approximate surface area is 93.8 Å². The summed E-state index contributed by atoms with van der Waals surface area (Å²) in [6.45, 7) is 0. The quantitative estimate of drug-likeness (QED) is 0.744. The average molecular weight is 231 g/mol. The molecule has 2 N–H and O–H groups in total. The van der Waals surface area contributed by atoms with Gasteiger partial charge in [0.05, 0.1) is 5.92 Å². The second-order valence-corrected chi connectivity index (χ2v) is 4.84. The van der Waals surface area contributed by atoms with Crippen LogP contribution in [0.15, 0.2) is 0 Å². The second-order valence-electron chi connectivity index (χ2n) is 3.86. The van der Waals surface area contributed by atoms with Crippen molar-refractivity contribution in [2.45, 2.75) is 31.7 Å². The molecule has 1 saturated carbocycles. The van der Waals surface area contributed by atoms with Crippen LogP contribution in [0.3, 0.4) is 0 Å². The van der Waals surface area contributed by atoms with Gasteiger partial charge in [-0.2, -0.15) is 11.8 Å². The summed E-state index contributed by atoms with van der Waals surface area (Å²) in [5.41, 5.74) is 0. The predicted molar refractivity (Wildman–Crippen MR) is 59.9 cm³/mol. The largest absolute Gasteiger partial charge is 0.481 e. The minimum Gasteiger partial charge on any atom is -0.481 e. The van der Waals surface area contributed by atoms with Crippen molar-refractivity contribution >= 4 is 23.6 Å². The van der Waals surface area contributed by atoms with E-state index in [9.17, 15) is 9.59 Å². The van der Waals surface area contributed by atoms with Gasteiger partial charge in [-0.15, -0.1) is 0 Å². The van der Waals surface area contributed by atoms with Gasteiger partial charge in [-0.25, -0.2) is 0 Å². The molecule has 1 aliphatic rings. The van der Waals surface area contributed by atoms with Gasteiger partial charge in [0.25, 0.3) is 0 Å². The molecule has 0 saturated heterocycles. The lowest BCUT2D eigenvalue weighted by Gasteiger charge is -2.11. The first-order valence-corrected chi connectivity index (χ1v) is 6.54. The van der Waals surface area contributed by atoms with Gasteiger partial charge in [0, 0.05) is 18.2 Å². The highest BCUT2D eigenvalue weighted by Gasteiger charge is 2.30. The molecule has 4 nitrogen and oxygen atoms in total. The maximum Gasteiger partial charge on any atom is 0.306 e. The molecule has 0 radical (unpaired) electrons. The Bertz CT molecular complexity index is 245. The maximum atomic E-state index is 11.4. The monoisotopic (exact) mass is 231 g/mol. The summed E-state index contributed by atoms with van der Waals surface area (Å²) in [7, 11) is 0. The summed E-state index contributed by atoms with van der Waals surface area (Å²) in [5.74, 6) is -0.145. The molecule has 1 amide bonds. The molecule has 5 heteroatoms. The van der Waals surface area contributed by atoms with Crippen molar-refractivity contribution in [2.24, 2.45) is 5.92 Å². The van der Waals surface area contributed by atoms with Crippen LogP contribution in [0.2, 0.25) is 0 Å². The Morgan fingerprint density at radius 1 is 1.47 bits per heavy atom. The van der Waals surface area contributed by atoms with E-state index in [2.05, 4.69) is 5.32 Å². The van der Waals surface area contributed by atoms with Crippen LogP contribution in [-0.4, -0.2) is 35.0 Å². The van der Waals surface area contributed by atoms with Crippen LogP contribution in [-0.2, 0) is 9.59 Å². The number of carboxylic acids is 1. The number of hydrogen-bond donors (Lipinski definition) is 2. The summed E-state index contributed by atoms with van der Waals surface area (Å²) in [5, 5.41) is 11.7. The molecule has 15 heavy (non-hydrogen) atoms. The molecule has 0 aromatic carbocycles. The van der Waals surface area contributed by atoms with Crippen molar-refractivity contribution in [1.82, 2.24) is 5.32 Å². The van der Waals surface area contributed by atoms with Gasteiger partial charge in [0.15, 0.2) is 0 Å². The summed E-state index contributed by atoms with van der Waals surface area (Å²) >= 11 is 1.64. The van der Waals surface area contributed by atoms with Crippen molar-refractivity contribution in [2.75, 3.05) is 12.0 Å². The average Bonchev–Trinajstić information content (AvgIpc) is 2.63. The van der Waals surface area contributed by atoms with Gasteiger partial charge < -0.3 is 10.4 Å². The van der Waals surface area contributed by atoms with E-state index < -0.39 is 5.97 Å². The number of rotatable bonds is 5. The van der Waals surface area contributed by atoms with E-state index in [4.69, 9.17) is 5.11 Å². The van der Waals surface area contributed by atoms with Crippen LogP contribution in [0.4, 0.5) is 0 Å².